The first kappa shape index (κ1) is 11.4. The maximum absolute atomic E-state index is 11.1. The summed E-state index contributed by atoms with van der Waals surface area (Å²) in [7, 11) is 1.89. The summed E-state index contributed by atoms with van der Waals surface area (Å²) in [6, 6.07) is 0. The van der Waals surface area contributed by atoms with E-state index in [2.05, 4.69) is 24.5 Å². The van der Waals surface area contributed by atoms with Crippen molar-refractivity contribution in [2.45, 2.75) is 26.7 Å². The van der Waals surface area contributed by atoms with E-state index in [4.69, 9.17) is 0 Å². The Labute approximate surface area is 74.9 Å². The Balaban J connectivity index is 3.22. The molecular weight excluding hydrogens is 152 g/mol. The first-order chi connectivity index (χ1) is 5.66. The lowest BCUT2D eigenvalue weighted by Crippen LogP contribution is -2.27. The van der Waals surface area contributed by atoms with Crippen LogP contribution in [0.5, 0.6) is 0 Å². The van der Waals surface area contributed by atoms with Crippen LogP contribution in [0.1, 0.15) is 26.7 Å². The lowest BCUT2D eigenvalue weighted by Gasteiger charge is -2.06. The van der Waals surface area contributed by atoms with E-state index in [9.17, 15) is 4.79 Å². The molecule has 0 aliphatic carbocycles. The highest BCUT2D eigenvalue weighted by atomic mass is 16.1. The van der Waals surface area contributed by atoms with Crippen molar-refractivity contribution in [2.24, 2.45) is 5.92 Å². The minimum atomic E-state index is 0.166. The Morgan fingerprint density at radius 3 is 2.58 bits per heavy atom. The van der Waals surface area contributed by atoms with Crippen LogP contribution < -0.4 is 10.6 Å². The van der Waals surface area contributed by atoms with E-state index in [1.54, 1.807) is 0 Å². The molecule has 2 N–H and O–H groups in total. The van der Waals surface area contributed by atoms with E-state index in [1.807, 2.05) is 7.05 Å². The molecule has 0 unspecified atom stereocenters. The molecule has 0 saturated carbocycles. The van der Waals surface area contributed by atoms with Gasteiger partial charge >= 0.3 is 0 Å². The fraction of sp³-hybridized carbons (Fsp3) is 0.889. The van der Waals surface area contributed by atoms with Gasteiger partial charge in [-0.05, 0) is 25.9 Å². The Morgan fingerprint density at radius 2 is 2.08 bits per heavy atom. The van der Waals surface area contributed by atoms with E-state index in [0.29, 0.717) is 12.3 Å². The molecule has 0 spiro atoms. The molecule has 1 amide bonds. The minimum absolute atomic E-state index is 0.166. The smallest absolute Gasteiger partial charge is 0.220 e. The fourth-order valence-electron chi connectivity index (χ4n) is 0.832. The third kappa shape index (κ3) is 7.54. The summed E-state index contributed by atoms with van der Waals surface area (Å²) < 4.78 is 0. The number of carbonyl (C=O) groups is 1. The van der Waals surface area contributed by atoms with Crippen molar-refractivity contribution in [3.63, 3.8) is 0 Å². The molecule has 72 valence electrons. The van der Waals surface area contributed by atoms with Gasteiger partial charge < -0.3 is 10.6 Å². The molecule has 0 aromatic rings. The van der Waals surface area contributed by atoms with Crippen LogP contribution in [0.2, 0.25) is 0 Å². The van der Waals surface area contributed by atoms with Crippen LogP contribution in [0, 0.1) is 5.92 Å². The molecule has 3 heteroatoms. The molecule has 0 aliphatic rings. The van der Waals surface area contributed by atoms with Crippen molar-refractivity contribution in [3.8, 4) is 0 Å². The second kappa shape index (κ2) is 7.10. The summed E-state index contributed by atoms with van der Waals surface area (Å²) in [5.74, 6) is 0.706. The van der Waals surface area contributed by atoms with Gasteiger partial charge in [0.2, 0.25) is 5.91 Å². The zero-order valence-corrected chi connectivity index (χ0v) is 8.31. The molecular formula is C9H20N2O. The lowest BCUT2D eigenvalue weighted by atomic mass is 10.2. The summed E-state index contributed by atoms with van der Waals surface area (Å²) in [6.07, 6.45) is 1.55. The van der Waals surface area contributed by atoms with E-state index in [-0.39, 0.29) is 5.91 Å². The molecule has 0 bridgehead atoms. The maximum Gasteiger partial charge on any atom is 0.220 e. The highest BCUT2D eigenvalue weighted by Gasteiger charge is 2.00. The van der Waals surface area contributed by atoms with E-state index in [0.717, 1.165) is 19.5 Å². The van der Waals surface area contributed by atoms with Gasteiger partial charge in [-0.1, -0.05) is 13.8 Å². The van der Waals surface area contributed by atoms with Gasteiger partial charge in [-0.15, -0.1) is 0 Å². The number of hydrogen-bond acceptors (Lipinski definition) is 2. The van der Waals surface area contributed by atoms with Crippen molar-refractivity contribution >= 4 is 5.91 Å². The second-order valence-electron chi connectivity index (χ2n) is 3.41. The van der Waals surface area contributed by atoms with Crippen LogP contribution in [0.3, 0.4) is 0 Å². The minimum Gasteiger partial charge on any atom is -0.356 e. The van der Waals surface area contributed by atoms with Crippen molar-refractivity contribution in [2.75, 3.05) is 20.1 Å². The Morgan fingerprint density at radius 1 is 1.42 bits per heavy atom. The standard InChI is InChI=1S/C9H20N2O/c1-8(2)7-11-9(12)5-4-6-10-3/h8,10H,4-7H2,1-3H3,(H,11,12). The Hall–Kier alpha value is -0.570. The monoisotopic (exact) mass is 172 g/mol. The average molecular weight is 172 g/mol. The molecule has 0 heterocycles. The van der Waals surface area contributed by atoms with Crippen LogP contribution in [0.25, 0.3) is 0 Å². The van der Waals surface area contributed by atoms with Gasteiger partial charge in [0.15, 0.2) is 0 Å². The number of rotatable bonds is 6. The van der Waals surface area contributed by atoms with Gasteiger partial charge in [0, 0.05) is 13.0 Å². The Kier molecular flexibility index (Phi) is 6.76. The number of nitrogens with one attached hydrogen (secondary N) is 2. The topological polar surface area (TPSA) is 41.1 Å². The number of hydrogen-bond donors (Lipinski definition) is 2. The van der Waals surface area contributed by atoms with Crippen LogP contribution in [-0.4, -0.2) is 26.0 Å². The SMILES string of the molecule is CNCCCC(=O)NCC(C)C. The molecule has 0 saturated heterocycles. The highest BCUT2D eigenvalue weighted by molar-refractivity contribution is 5.75. The first-order valence-corrected chi connectivity index (χ1v) is 4.58. The van der Waals surface area contributed by atoms with Crippen molar-refractivity contribution in [1.29, 1.82) is 0 Å². The summed E-state index contributed by atoms with van der Waals surface area (Å²) in [6.45, 7) is 5.88. The van der Waals surface area contributed by atoms with Gasteiger partial charge in [0.25, 0.3) is 0 Å². The molecule has 0 atom stereocenters. The van der Waals surface area contributed by atoms with Crippen LogP contribution >= 0.6 is 0 Å². The van der Waals surface area contributed by atoms with E-state index in [1.165, 1.54) is 0 Å². The first-order valence-electron chi connectivity index (χ1n) is 4.58. The zero-order valence-electron chi connectivity index (χ0n) is 8.31. The molecule has 0 aromatic carbocycles. The van der Waals surface area contributed by atoms with Crippen molar-refractivity contribution in [3.05, 3.63) is 0 Å². The van der Waals surface area contributed by atoms with Gasteiger partial charge in [-0.3, -0.25) is 4.79 Å². The molecule has 0 aromatic heterocycles. The molecule has 12 heavy (non-hydrogen) atoms. The molecule has 0 aliphatic heterocycles. The van der Waals surface area contributed by atoms with Crippen LogP contribution in [0.4, 0.5) is 0 Å². The maximum atomic E-state index is 11.1. The van der Waals surface area contributed by atoms with Crippen molar-refractivity contribution < 1.29 is 4.79 Å². The highest BCUT2D eigenvalue weighted by Crippen LogP contribution is 1.90. The lowest BCUT2D eigenvalue weighted by molar-refractivity contribution is -0.121. The van der Waals surface area contributed by atoms with Crippen LogP contribution in [-0.2, 0) is 4.79 Å². The third-order valence-corrected chi connectivity index (χ3v) is 1.54. The van der Waals surface area contributed by atoms with Gasteiger partial charge in [-0.25, -0.2) is 0 Å². The predicted molar refractivity (Wildman–Crippen MR) is 51.0 cm³/mol. The van der Waals surface area contributed by atoms with E-state index >= 15 is 0 Å². The summed E-state index contributed by atoms with van der Waals surface area (Å²) in [5.41, 5.74) is 0. The molecule has 0 fully saturated rings. The van der Waals surface area contributed by atoms with Gasteiger partial charge in [0.05, 0.1) is 0 Å². The number of carbonyl (C=O) groups excluding carboxylic acids is 1. The molecule has 3 nitrogen and oxygen atoms in total. The van der Waals surface area contributed by atoms with Gasteiger partial charge in [-0.2, -0.15) is 0 Å². The Bertz CT molecular complexity index is 124. The van der Waals surface area contributed by atoms with Gasteiger partial charge in [0.1, 0.15) is 0 Å². The number of amides is 1. The average Bonchev–Trinajstić information content (AvgIpc) is 2.01. The fourth-order valence-corrected chi connectivity index (χ4v) is 0.832. The summed E-state index contributed by atoms with van der Waals surface area (Å²) in [5, 5.41) is 5.88. The quantitative estimate of drug-likeness (QED) is 0.581. The molecule has 0 rings (SSSR count). The molecule has 0 radical (unpaired) electrons. The summed E-state index contributed by atoms with van der Waals surface area (Å²) >= 11 is 0. The van der Waals surface area contributed by atoms with Crippen molar-refractivity contribution in [1.82, 2.24) is 10.6 Å². The van der Waals surface area contributed by atoms with Crippen LogP contribution in [0.15, 0.2) is 0 Å². The second-order valence-corrected chi connectivity index (χ2v) is 3.41. The zero-order chi connectivity index (χ0) is 9.40. The third-order valence-electron chi connectivity index (χ3n) is 1.54. The largest absolute Gasteiger partial charge is 0.356 e. The summed E-state index contributed by atoms with van der Waals surface area (Å²) in [4.78, 5) is 11.1. The predicted octanol–water partition coefficient (Wildman–Crippen LogP) is 0.758. The van der Waals surface area contributed by atoms with E-state index < -0.39 is 0 Å². The normalized spacial score (nSPS) is 10.3.